The average molecular weight is 282 g/mol. The Kier molecular flexibility index (Phi) is 7.02. The molecular weight excluding hydrogens is 264 g/mol. The van der Waals surface area contributed by atoms with E-state index >= 15 is 0 Å². The maximum absolute atomic E-state index is 13.5. The van der Waals surface area contributed by atoms with Crippen LogP contribution in [-0.2, 0) is 0 Å². The number of hydrogen-bond acceptors (Lipinski definition) is 2. The van der Waals surface area contributed by atoms with Gasteiger partial charge in [-0.15, -0.1) is 12.4 Å². The van der Waals surface area contributed by atoms with Crippen LogP contribution in [0.15, 0.2) is 18.2 Å². The molecule has 1 rings (SSSR count). The highest BCUT2D eigenvalue weighted by molar-refractivity contribution is 6.30. The summed E-state index contributed by atoms with van der Waals surface area (Å²) in [5, 5.41) is 10.1. The van der Waals surface area contributed by atoms with Crippen LogP contribution in [0.1, 0.15) is 31.9 Å². The minimum Gasteiger partial charge on any atom is -0.391 e. The number of nitrogens with two attached hydrogens (primary N) is 1. The molecule has 0 aliphatic carbocycles. The van der Waals surface area contributed by atoms with Crippen molar-refractivity contribution < 1.29 is 9.50 Å². The molecule has 2 nitrogen and oxygen atoms in total. The second kappa shape index (κ2) is 7.17. The number of aliphatic hydroxyl groups excluding tert-OH is 1. The summed E-state index contributed by atoms with van der Waals surface area (Å²) in [4.78, 5) is 0. The molecule has 1 aromatic carbocycles. The van der Waals surface area contributed by atoms with Crippen LogP contribution in [-0.4, -0.2) is 11.2 Å². The van der Waals surface area contributed by atoms with E-state index in [-0.39, 0.29) is 12.4 Å². The lowest BCUT2D eigenvalue weighted by molar-refractivity contribution is 0.119. The van der Waals surface area contributed by atoms with Crippen LogP contribution >= 0.6 is 24.0 Å². The van der Waals surface area contributed by atoms with Crippen LogP contribution in [0, 0.1) is 11.7 Å². The Hall–Kier alpha value is -0.350. The van der Waals surface area contributed by atoms with Crippen LogP contribution in [0.5, 0.6) is 0 Å². The lowest BCUT2D eigenvalue weighted by atomic mass is 9.95. The van der Waals surface area contributed by atoms with Gasteiger partial charge in [0, 0.05) is 10.6 Å². The van der Waals surface area contributed by atoms with Gasteiger partial charge in [-0.2, -0.15) is 0 Å². The Morgan fingerprint density at radius 3 is 2.47 bits per heavy atom. The molecule has 0 unspecified atom stereocenters. The molecule has 1 aromatic rings. The van der Waals surface area contributed by atoms with E-state index in [1.165, 1.54) is 12.1 Å². The Morgan fingerprint density at radius 2 is 2.00 bits per heavy atom. The SMILES string of the molecule is CC(C)C[C@@H](O)[C@@H](N)c1ccc(Cl)cc1F.Cl. The van der Waals surface area contributed by atoms with E-state index in [2.05, 4.69) is 0 Å². The van der Waals surface area contributed by atoms with Gasteiger partial charge in [0.25, 0.3) is 0 Å². The van der Waals surface area contributed by atoms with E-state index in [1.54, 1.807) is 6.07 Å². The third-order valence-corrected chi connectivity index (χ3v) is 2.68. The molecule has 0 radical (unpaired) electrons. The summed E-state index contributed by atoms with van der Waals surface area (Å²) < 4.78 is 13.5. The Bertz CT molecular complexity index is 360. The molecule has 5 heteroatoms. The van der Waals surface area contributed by atoms with Crippen molar-refractivity contribution in [2.24, 2.45) is 11.7 Å². The van der Waals surface area contributed by atoms with E-state index in [0.29, 0.717) is 22.9 Å². The molecule has 0 fully saturated rings. The standard InChI is InChI=1S/C12H17ClFNO.ClH/c1-7(2)5-11(16)12(15)9-4-3-8(13)6-10(9)14;/h3-4,6-7,11-12,16H,5,15H2,1-2H3;1H/t11-,12+;/m1./s1. The van der Waals surface area contributed by atoms with Gasteiger partial charge in [-0.25, -0.2) is 4.39 Å². The van der Waals surface area contributed by atoms with Crippen molar-refractivity contribution in [1.29, 1.82) is 0 Å². The van der Waals surface area contributed by atoms with Crippen LogP contribution in [0.25, 0.3) is 0 Å². The lowest BCUT2D eigenvalue weighted by Gasteiger charge is -2.21. The molecule has 0 aromatic heterocycles. The maximum atomic E-state index is 13.5. The molecule has 0 heterocycles. The van der Waals surface area contributed by atoms with E-state index in [4.69, 9.17) is 17.3 Å². The van der Waals surface area contributed by atoms with Crippen molar-refractivity contribution >= 4 is 24.0 Å². The van der Waals surface area contributed by atoms with E-state index in [9.17, 15) is 9.50 Å². The Labute approximate surface area is 112 Å². The van der Waals surface area contributed by atoms with Crippen molar-refractivity contribution in [1.82, 2.24) is 0 Å². The van der Waals surface area contributed by atoms with Crippen LogP contribution < -0.4 is 5.73 Å². The first-order chi connectivity index (χ1) is 7.41. The topological polar surface area (TPSA) is 46.2 Å². The zero-order valence-electron chi connectivity index (χ0n) is 9.86. The van der Waals surface area contributed by atoms with Gasteiger partial charge in [-0.3, -0.25) is 0 Å². The summed E-state index contributed by atoms with van der Waals surface area (Å²) in [6, 6.07) is 3.59. The van der Waals surface area contributed by atoms with Gasteiger partial charge >= 0.3 is 0 Å². The minimum atomic E-state index is -0.740. The van der Waals surface area contributed by atoms with Gasteiger partial charge < -0.3 is 10.8 Å². The summed E-state index contributed by atoms with van der Waals surface area (Å²) in [7, 11) is 0. The Morgan fingerprint density at radius 1 is 1.41 bits per heavy atom. The predicted octanol–water partition coefficient (Wildman–Crippen LogP) is 3.31. The molecular formula is C12H18Cl2FNO. The quantitative estimate of drug-likeness (QED) is 0.890. The molecule has 2 atom stereocenters. The summed E-state index contributed by atoms with van der Waals surface area (Å²) in [5.74, 6) is -0.154. The van der Waals surface area contributed by atoms with Crippen LogP contribution in [0.2, 0.25) is 5.02 Å². The van der Waals surface area contributed by atoms with E-state index in [0.717, 1.165) is 0 Å². The predicted molar refractivity (Wildman–Crippen MR) is 71.0 cm³/mol. The van der Waals surface area contributed by atoms with Gasteiger partial charge in [0.1, 0.15) is 5.82 Å². The minimum absolute atomic E-state index is 0. The average Bonchev–Trinajstić information content (AvgIpc) is 2.15. The first-order valence-corrected chi connectivity index (χ1v) is 5.68. The van der Waals surface area contributed by atoms with Gasteiger partial charge in [0.05, 0.1) is 12.1 Å². The monoisotopic (exact) mass is 281 g/mol. The fourth-order valence-corrected chi connectivity index (χ4v) is 1.77. The second-order valence-electron chi connectivity index (χ2n) is 4.39. The number of benzene rings is 1. The van der Waals surface area contributed by atoms with Crippen molar-refractivity contribution in [3.63, 3.8) is 0 Å². The lowest BCUT2D eigenvalue weighted by Crippen LogP contribution is -2.28. The van der Waals surface area contributed by atoms with Gasteiger partial charge in [0.2, 0.25) is 0 Å². The summed E-state index contributed by atoms with van der Waals surface area (Å²) in [5.41, 5.74) is 6.11. The molecule has 0 saturated heterocycles. The molecule has 0 aliphatic heterocycles. The summed E-state index contributed by atoms with van der Waals surface area (Å²) in [6.07, 6.45) is -0.195. The van der Waals surface area contributed by atoms with Gasteiger partial charge in [-0.1, -0.05) is 31.5 Å². The summed E-state index contributed by atoms with van der Waals surface area (Å²) in [6.45, 7) is 3.96. The van der Waals surface area contributed by atoms with Crippen LogP contribution in [0.3, 0.4) is 0 Å². The highest BCUT2D eigenvalue weighted by Crippen LogP contribution is 2.24. The molecule has 98 valence electrons. The van der Waals surface area contributed by atoms with Gasteiger partial charge in [0.15, 0.2) is 0 Å². The molecule has 0 saturated carbocycles. The molecule has 0 amide bonds. The molecule has 0 spiro atoms. The van der Waals surface area contributed by atoms with Crippen molar-refractivity contribution in [2.75, 3.05) is 0 Å². The normalized spacial score (nSPS) is 14.3. The Balaban J connectivity index is 0.00000256. The van der Waals surface area contributed by atoms with Crippen molar-refractivity contribution in [3.8, 4) is 0 Å². The van der Waals surface area contributed by atoms with Crippen molar-refractivity contribution in [3.05, 3.63) is 34.6 Å². The largest absolute Gasteiger partial charge is 0.391 e. The highest BCUT2D eigenvalue weighted by atomic mass is 35.5. The molecule has 0 bridgehead atoms. The van der Waals surface area contributed by atoms with Crippen LogP contribution in [0.4, 0.5) is 4.39 Å². The van der Waals surface area contributed by atoms with E-state index in [1.807, 2.05) is 13.8 Å². The number of halogens is 3. The molecule has 17 heavy (non-hydrogen) atoms. The fourth-order valence-electron chi connectivity index (χ4n) is 1.61. The third-order valence-electron chi connectivity index (χ3n) is 2.45. The first kappa shape index (κ1) is 16.6. The zero-order valence-corrected chi connectivity index (χ0v) is 11.4. The highest BCUT2D eigenvalue weighted by Gasteiger charge is 2.20. The smallest absolute Gasteiger partial charge is 0.129 e. The number of hydrogen-bond donors (Lipinski definition) is 2. The molecule has 0 aliphatic rings. The van der Waals surface area contributed by atoms with Crippen molar-refractivity contribution in [2.45, 2.75) is 32.4 Å². The molecule has 3 N–H and O–H groups in total. The zero-order chi connectivity index (χ0) is 12.3. The maximum Gasteiger partial charge on any atom is 0.129 e. The van der Waals surface area contributed by atoms with Gasteiger partial charge in [-0.05, 0) is 24.5 Å². The number of aliphatic hydroxyl groups is 1. The first-order valence-electron chi connectivity index (χ1n) is 5.30. The third kappa shape index (κ3) is 4.80. The van der Waals surface area contributed by atoms with E-state index < -0.39 is 18.0 Å². The summed E-state index contributed by atoms with van der Waals surface area (Å²) >= 11 is 5.64. The fraction of sp³-hybridized carbons (Fsp3) is 0.500. The second-order valence-corrected chi connectivity index (χ2v) is 4.82. The number of rotatable bonds is 4.